The predicted octanol–water partition coefficient (Wildman–Crippen LogP) is 3.28. The van der Waals surface area contributed by atoms with Crippen LogP contribution in [-0.4, -0.2) is 17.0 Å². The molecule has 0 saturated heterocycles. The summed E-state index contributed by atoms with van der Waals surface area (Å²) in [6.07, 6.45) is 0.112. The Morgan fingerprint density at radius 2 is 1.75 bits per heavy atom. The molecule has 24 heavy (non-hydrogen) atoms. The van der Waals surface area contributed by atoms with Gasteiger partial charge in [-0.3, -0.25) is 9.59 Å². The third kappa shape index (κ3) is 3.27. The molecule has 1 heterocycles. The number of nitrogens with one attached hydrogen (secondary N) is 2. The largest absolute Gasteiger partial charge is 0.356 e. The van der Waals surface area contributed by atoms with Crippen LogP contribution >= 0.6 is 0 Å². The van der Waals surface area contributed by atoms with Crippen molar-refractivity contribution < 1.29 is 14.1 Å². The average Bonchev–Trinajstić information content (AvgIpc) is 2.94. The number of carbonyl (C=O) groups excluding carboxylic acids is 2. The molecule has 1 aromatic heterocycles. The fourth-order valence-electron chi connectivity index (χ4n) is 2.51. The summed E-state index contributed by atoms with van der Waals surface area (Å²) >= 11 is 0. The molecule has 3 aromatic rings. The van der Waals surface area contributed by atoms with Gasteiger partial charge in [-0.25, -0.2) is 0 Å². The lowest BCUT2D eigenvalue weighted by Gasteiger charge is -2.12. The van der Waals surface area contributed by atoms with Crippen molar-refractivity contribution in [1.82, 2.24) is 5.16 Å². The molecular formula is C18H17N3O3. The Bertz CT molecular complexity index is 915. The Morgan fingerprint density at radius 1 is 1.04 bits per heavy atom. The van der Waals surface area contributed by atoms with E-state index in [0.29, 0.717) is 22.7 Å². The standard InChI is InChI=1S/C18H17N3O3/c1-11-14(19-12(2)22)7-5-8-15(11)20-18(23)10-16-13-6-3-4-9-17(13)24-21-16/h3-9H,10H2,1-2H3,(H,19,22)(H,20,23). The summed E-state index contributed by atoms with van der Waals surface area (Å²) < 4.78 is 5.21. The topological polar surface area (TPSA) is 84.2 Å². The molecular weight excluding hydrogens is 306 g/mol. The summed E-state index contributed by atoms with van der Waals surface area (Å²) in [6, 6.07) is 12.8. The maximum absolute atomic E-state index is 12.3. The molecule has 3 rings (SSSR count). The lowest BCUT2D eigenvalue weighted by atomic mass is 10.1. The number of carbonyl (C=O) groups is 2. The second-order valence-electron chi connectivity index (χ2n) is 5.51. The number of rotatable bonds is 4. The summed E-state index contributed by atoms with van der Waals surface area (Å²) in [5.74, 6) is -0.354. The molecule has 0 aliphatic rings. The van der Waals surface area contributed by atoms with E-state index in [1.165, 1.54) is 6.92 Å². The van der Waals surface area contributed by atoms with Crippen molar-refractivity contribution >= 4 is 34.2 Å². The Morgan fingerprint density at radius 3 is 2.50 bits per heavy atom. The number of amides is 2. The van der Waals surface area contributed by atoms with Crippen LogP contribution in [0.4, 0.5) is 11.4 Å². The van der Waals surface area contributed by atoms with Gasteiger partial charge in [-0.2, -0.15) is 0 Å². The molecule has 0 saturated carbocycles. The second kappa shape index (κ2) is 6.54. The number of hydrogen-bond acceptors (Lipinski definition) is 4. The molecule has 0 unspecified atom stereocenters. The van der Waals surface area contributed by atoms with E-state index in [2.05, 4.69) is 15.8 Å². The lowest BCUT2D eigenvalue weighted by Crippen LogP contribution is -2.16. The first-order valence-corrected chi connectivity index (χ1v) is 7.55. The van der Waals surface area contributed by atoms with Crippen LogP contribution in [0.2, 0.25) is 0 Å². The molecule has 2 amide bonds. The fraction of sp³-hybridized carbons (Fsp3) is 0.167. The molecule has 0 radical (unpaired) electrons. The van der Waals surface area contributed by atoms with Crippen molar-refractivity contribution in [3.63, 3.8) is 0 Å². The van der Waals surface area contributed by atoms with Crippen molar-refractivity contribution in [3.05, 3.63) is 53.7 Å². The molecule has 6 nitrogen and oxygen atoms in total. The van der Waals surface area contributed by atoms with E-state index in [1.807, 2.05) is 31.2 Å². The second-order valence-corrected chi connectivity index (χ2v) is 5.51. The molecule has 2 N–H and O–H groups in total. The van der Waals surface area contributed by atoms with Gasteiger partial charge in [0.25, 0.3) is 0 Å². The van der Waals surface area contributed by atoms with Gasteiger partial charge in [0.2, 0.25) is 11.8 Å². The van der Waals surface area contributed by atoms with Crippen molar-refractivity contribution in [3.8, 4) is 0 Å². The van der Waals surface area contributed by atoms with E-state index in [0.717, 1.165) is 10.9 Å². The van der Waals surface area contributed by atoms with Crippen molar-refractivity contribution in [1.29, 1.82) is 0 Å². The van der Waals surface area contributed by atoms with Crippen LogP contribution in [0.15, 0.2) is 47.0 Å². The van der Waals surface area contributed by atoms with Crippen LogP contribution in [0, 0.1) is 6.92 Å². The van der Waals surface area contributed by atoms with Gasteiger partial charge in [-0.1, -0.05) is 23.4 Å². The zero-order valence-corrected chi connectivity index (χ0v) is 13.4. The van der Waals surface area contributed by atoms with E-state index in [-0.39, 0.29) is 18.2 Å². The molecule has 0 atom stereocenters. The highest BCUT2D eigenvalue weighted by molar-refractivity contribution is 5.97. The normalized spacial score (nSPS) is 10.6. The highest BCUT2D eigenvalue weighted by atomic mass is 16.5. The summed E-state index contributed by atoms with van der Waals surface area (Å²) in [5, 5.41) is 10.4. The van der Waals surface area contributed by atoms with E-state index in [1.54, 1.807) is 18.2 Å². The molecule has 0 aliphatic heterocycles. The molecule has 0 aliphatic carbocycles. The van der Waals surface area contributed by atoms with Gasteiger partial charge in [0.05, 0.1) is 6.42 Å². The average molecular weight is 323 g/mol. The van der Waals surface area contributed by atoms with Crippen LogP contribution in [-0.2, 0) is 16.0 Å². The van der Waals surface area contributed by atoms with Crippen LogP contribution in [0.25, 0.3) is 11.0 Å². The molecule has 0 spiro atoms. The number of nitrogens with zero attached hydrogens (tertiary/aromatic N) is 1. The lowest BCUT2D eigenvalue weighted by molar-refractivity contribution is -0.116. The maximum Gasteiger partial charge on any atom is 0.230 e. The first kappa shape index (κ1) is 15.7. The van der Waals surface area contributed by atoms with E-state index in [9.17, 15) is 9.59 Å². The van der Waals surface area contributed by atoms with Gasteiger partial charge in [0.1, 0.15) is 5.69 Å². The number of aromatic nitrogens is 1. The van der Waals surface area contributed by atoms with Crippen LogP contribution in [0.3, 0.4) is 0 Å². The molecule has 0 bridgehead atoms. The number of fused-ring (bicyclic) bond motifs is 1. The van der Waals surface area contributed by atoms with Gasteiger partial charge in [0.15, 0.2) is 5.58 Å². The minimum Gasteiger partial charge on any atom is -0.356 e. The monoisotopic (exact) mass is 323 g/mol. The number of para-hydroxylation sites is 1. The highest BCUT2D eigenvalue weighted by Gasteiger charge is 2.13. The summed E-state index contributed by atoms with van der Waals surface area (Å²) in [6.45, 7) is 3.28. The summed E-state index contributed by atoms with van der Waals surface area (Å²) in [4.78, 5) is 23.5. The molecule has 6 heteroatoms. The van der Waals surface area contributed by atoms with Gasteiger partial charge in [-0.05, 0) is 36.8 Å². The minimum absolute atomic E-state index is 0.112. The Labute approximate surface area is 138 Å². The van der Waals surface area contributed by atoms with Gasteiger partial charge in [-0.15, -0.1) is 0 Å². The third-order valence-corrected chi connectivity index (χ3v) is 3.70. The van der Waals surface area contributed by atoms with Crippen molar-refractivity contribution in [2.24, 2.45) is 0 Å². The Balaban J connectivity index is 1.77. The minimum atomic E-state index is -0.197. The van der Waals surface area contributed by atoms with Crippen LogP contribution in [0.1, 0.15) is 18.2 Å². The Kier molecular flexibility index (Phi) is 4.29. The SMILES string of the molecule is CC(=O)Nc1cccc(NC(=O)Cc2noc3ccccc23)c1C. The predicted molar refractivity (Wildman–Crippen MR) is 91.8 cm³/mol. The maximum atomic E-state index is 12.3. The van der Waals surface area contributed by atoms with Crippen molar-refractivity contribution in [2.75, 3.05) is 10.6 Å². The highest BCUT2D eigenvalue weighted by Crippen LogP contribution is 2.24. The molecule has 0 fully saturated rings. The quantitative estimate of drug-likeness (QED) is 0.772. The fourth-order valence-corrected chi connectivity index (χ4v) is 2.51. The van der Waals surface area contributed by atoms with Gasteiger partial charge < -0.3 is 15.2 Å². The summed E-state index contributed by atoms with van der Waals surface area (Å²) in [7, 11) is 0. The van der Waals surface area contributed by atoms with Crippen LogP contribution < -0.4 is 10.6 Å². The summed E-state index contributed by atoms with van der Waals surface area (Å²) in [5.41, 5.74) is 3.38. The van der Waals surface area contributed by atoms with Crippen LogP contribution in [0.5, 0.6) is 0 Å². The first-order valence-electron chi connectivity index (χ1n) is 7.55. The molecule has 122 valence electrons. The van der Waals surface area contributed by atoms with Gasteiger partial charge >= 0.3 is 0 Å². The van der Waals surface area contributed by atoms with E-state index >= 15 is 0 Å². The van der Waals surface area contributed by atoms with Gasteiger partial charge in [0, 0.05) is 23.7 Å². The van der Waals surface area contributed by atoms with E-state index < -0.39 is 0 Å². The van der Waals surface area contributed by atoms with Crippen molar-refractivity contribution in [2.45, 2.75) is 20.3 Å². The first-order chi connectivity index (χ1) is 11.5. The number of hydrogen-bond donors (Lipinski definition) is 2. The van der Waals surface area contributed by atoms with E-state index in [4.69, 9.17) is 4.52 Å². The third-order valence-electron chi connectivity index (χ3n) is 3.70. The molecule has 2 aromatic carbocycles. The number of anilines is 2. The Hall–Kier alpha value is -3.15. The zero-order valence-electron chi connectivity index (χ0n) is 13.4. The number of benzene rings is 2. The smallest absolute Gasteiger partial charge is 0.230 e. The zero-order chi connectivity index (χ0) is 17.1.